The molecule has 2 nitrogen and oxygen atoms in total. The van der Waals surface area contributed by atoms with Gasteiger partial charge in [0.1, 0.15) is 0 Å². The summed E-state index contributed by atoms with van der Waals surface area (Å²) in [5.74, 6) is 0. The molecule has 0 saturated carbocycles. The van der Waals surface area contributed by atoms with Crippen molar-refractivity contribution in [3.05, 3.63) is 0 Å². The van der Waals surface area contributed by atoms with Gasteiger partial charge in [-0.15, -0.1) is 0 Å². The molecule has 0 radical (unpaired) electrons. The van der Waals surface area contributed by atoms with E-state index in [-0.39, 0.29) is 0 Å². The largest absolute Gasteiger partial charge is 0.401 e. The van der Waals surface area contributed by atoms with E-state index in [1.165, 1.54) is 4.90 Å². The van der Waals surface area contributed by atoms with Crippen LogP contribution in [-0.4, -0.2) is 30.2 Å². The first-order valence-electron chi connectivity index (χ1n) is 4.23. The fourth-order valence-corrected chi connectivity index (χ4v) is 1.56. The van der Waals surface area contributed by atoms with Gasteiger partial charge >= 0.3 is 6.18 Å². The highest BCUT2D eigenvalue weighted by molar-refractivity contribution is 4.94. The molecule has 0 aliphatic carbocycles. The molecule has 1 saturated heterocycles. The van der Waals surface area contributed by atoms with Gasteiger partial charge in [0.25, 0.3) is 0 Å². The second-order valence-corrected chi connectivity index (χ2v) is 3.23. The molecule has 1 aliphatic heterocycles. The van der Waals surface area contributed by atoms with E-state index in [4.69, 9.17) is 5.26 Å². The lowest BCUT2D eigenvalue weighted by atomic mass is 10.0. The predicted octanol–water partition coefficient (Wildman–Crippen LogP) is 1.93. The zero-order valence-corrected chi connectivity index (χ0v) is 7.14. The summed E-state index contributed by atoms with van der Waals surface area (Å²) < 4.78 is 36.0. The minimum atomic E-state index is -4.19. The quantitative estimate of drug-likeness (QED) is 0.634. The standard InChI is InChI=1S/C8H11F3N2/c9-8(10,11)6-13-4-2-1-3-7(13)5-12/h7H,1-4,6H2. The van der Waals surface area contributed by atoms with Crippen molar-refractivity contribution in [2.75, 3.05) is 13.1 Å². The monoisotopic (exact) mass is 192 g/mol. The number of nitrogens with zero attached hydrogens (tertiary/aromatic N) is 2. The van der Waals surface area contributed by atoms with Crippen LogP contribution in [0.2, 0.25) is 0 Å². The topological polar surface area (TPSA) is 27.0 Å². The normalized spacial score (nSPS) is 25.5. The molecular formula is C8H11F3N2. The molecule has 0 aromatic carbocycles. The van der Waals surface area contributed by atoms with Crippen molar-refractivity contribution >= 4 is 0 Å². The number of likely N-dealkylation sites (tertiary alicyclic amines) is 1. The third-order valence-corrected chi connectivity index (χ3v) is 2.15. The van der Waals surface area contributed by atoms with Crippen LogP contribution >= 0.6 is 0 Å². The van der Waals surface area contributed by atoms with E-state index < -0.39 is 18.8 Å². The van der Waals surface area contributed by atoms with Gasteiger partial charge in [-0.1, -0.05) is 0 Å². The first-order chi connectivity index (χ1) is 6.03. The van der Waals surface area contributed by atoms with Gasteiger partial charge in [-0.3, -0.25) is 4.90 Å². The molecule has 13 heavy (non-hydrogen) atoms. The van der Waals surface area contributed by atoms with Crippen molar-refractivity contribution in [2.45, 2.75) is 31.5 Å². The Kier molecular flexibility index (Phi) is 3.15. The summed E-state index contributed by atoms with van der Waals surface area (Å²) in [6, 6.07) is 1.36. The summed E-state index contributed by atoms with van der Waals surface area (Å²) >= 11 is 0. The molecule has 1 unspecified atom stereocenters. The molecule has 0 bridgehead atoms. The second kappa shape index (κ2) is 3.97. The molecule has 0 aromatic heterocycles. The molecule has 5 heteroatoms. The van der Waals surface area contributed by atoms with Crippen LogP contribution in [-0.2, 0) is 0 Å². The lowest BCUT2D eigenvalue weighted by Gasteiger charge is -2.31. The van der Waals surface area contributed by atoms with Crippen LogP contribution in [0.3, 0.4) is 0 Å². The first kappa shape index (κ1) is 10.3. The highest BCUT2D eigenvalue weighted by atomic mass is 19.4. The minimum absolute atomic E-state index is 0.387. The van der Waals surface area contributed by atoms with Crippen LogP contribution in [0.1, 0.15) is 19.3 Å². The average molecular weight is 192 g/mol. The second-order valence-electron chi connectivity index (χ2n) is 3.23. The number of piperidine rings is 1. The van der Waals surface area contributed by atoms with Crippen molar-refractivity contribution in [3.63, 3.8) is 0 Å². The Bertz CT molecular complexity index is 206. The zero-order chi connectivity index (χ0) is 9.90. The van der Waals surface area contributed by atoms with E-state index in [0.717, 1.165) is 12.8 Å². The third kappa shape index (κ3) is 3.23. The number of halogens is 3. The lowest BCUT2D eigenvalue weighted by Crippen LogP contribution is -2.44. The van der Waals surface area contributed by atoms with Gasteiger partial charge in [0, 0.05) is 0 Å². The lowest BCUT2D eigenvalue weighted by molar-refractivity contribution is -0.150. The summed E-state index contributed by atoms with van der Waals surface area (Å²) in [5, 5.41) is 8.60. The molecule has 0 N–H and O–H groups in total. The summed E-state index contributed by atoms with van der Waals surface area (Å²) in [4.78, 5) is 1.21. The summed E-state index contributed by atoms with van der Waals surface area (Å²) in [7, 11) is 0. The third-order valence-electron chi connectivity index (χ3n) is 2.15. The van der Waals surface area contributed by atoms with Crippen LogP contribution in [0, 0.1) is 11.3 Å². The Labute approximate surface area is 74.9 Å². The van der Waals surface area contributed by atoms with E-state index in [1.54, 1.807) is 0 Å². The summed E-state index contributed by atoms with van der Waals surface area (Å²) in [5.41, 5.74) is 0. The maximum absolute atomic E-state index is 12.0. The van der Waals surface area contributed by atoms with Gasteiger partial charge in [0.2, 0.25) is 0 Å². The van der Waals surface area contributed by atoms with E-state index in [9.17, 15) is 13.2 Å². The Hall–Kier alpha value is -0.760. The Morgan fingerprint density at radius 1 is 1.38 bits per heavy atom. The van der Waals surface area contributed by atoms with Crippen LogP contribution in [0.4, 0.5) is 13.2 Å². The smallest absolute Gasteiger partial charge is 0.279 e. The molecule has 1 atom stereocenters. The number of nitriles is 1. The molecular weight excluding hydrogens is 181 g/mol. The van der Waals surface area contributed by atoms with Crippen molar-refractivity contribution < 1.29 is 13.2 Å². The molecule has 0 amide bonds. The Morgan fingerprint density at radius 3 is 2.62 bits per heavy atom. The van der Waals surface area contributed by atoms with Gasteiger partial charge in [-0.25, -0.2) is 0 Å². The molecule has 1 heterocycles. The number of hydrogen-bond donors (Lipinski definition) is 0. The highest BCUT2D eigenvalue weighted by Crippen LogP contribution is 2.22. The van der Waals surface area contributed by atoms with Gasteiger partial charge in [0.15, 0.2) is 0 Å². The fraction of sp³-hybridized carbons (Fsp3) is 0.875. The van der Waals surface area contributed by atoms with Crippen molar-refractivity contribution in [1.29, 1.82) is 5.26 Å². The van der Waals surface area contributed by atoms with Gasteiger partial charge in [0.05, 0.1) is 18.7 Å². The molecule has 0 aromatic rings. The van der Waals surface area contributed by atoms with Crippen LogP contribution in [0.5, 0.6) is 0 Å². The average Bonchev–Trinajstić information content (AvgIpc) is 2.02. The minimum Gasteiger partial charge on any atom is -0.279 e. The van der Waals surface area contributed by atoms with Crippen LogP contribution in [0.15, 0.2) is 0 Å². The van der Waals surface area contributed by atoms with Crippen molar-refractivity contribution in [1.82, 2.24) is 4.90 Å². The maximum Gasteiger partial charge on any atom is 0.401 e. The van der Waals surface area contributed by atoms with E-state index in [1.807, 2.05) is 6.07 Å². The van der Waals surface area contributed by atoms with E-state index in [0.29, 0.717) is 13.0 Å². The maximum atomic E-state index is 12.0. The Morgan fingerprint density at radius 2 is 2.08 bits per heavy atom. The fourth-order valence-electron chi connectivity index (χ4n) is 1.56. The number of rotatable bonds is 1. The molecule has 1 rings (SSSR count). The van der Waals surface area contributed by atoms with Crippen LogP contribution in [0.25, 0.3) is 0 Å². The zero-order valence-electron chi connectivity index (χ0n) is 7.14. The van der Waals surface area contributed by atoms with Gasteiger partial charge in [-0.05, 0) is 25.8 Å². The summed E-state index contributed by atoms with van der Waals surface area (Å²) in [6.07, 6.45) is -2.01. The molecule has 1 fully saturated rings. The molecule has 0 spiro atoms. The Balaban J connectivity index is 2.51. The SMILES string of the molecule is N#CC1CCCCN1CC(F)(F)F. The van der Waals surface area contributed by atoms with Crippen molar-refractivity contribution in [2.24, 2.45) is 0 Å². The summed E-state index contributed by atoms with van der Waals surface area (Å²) in [6.45, 7) is -0.567. The van der Waals surface area contributed by atoms with Gasteiger partial charge in [-0.2, -0.15) is 18.4 Å². The van der Waals surface area contributed by atoms with Gasteiger partial charge < -0.3 is 0 Å². The molecule has 1 aliphatic rings. The van der Waals surface area contributed by atoms with Crippen LogP contribution < -0.4 is 0 Å². The highest BCUT2D eigenvalue weighted by Gasteiger charge is 2.34. The molecule has 74 valence electrons. The number of hydrogen-bond acceptors (Lipinski definition) is 2. The number of alkyl halides is 3. The van der Waals surface area contributed by atoms with Crippen molar-refractivity contribution in [3.8, 4) is 6.07 Å². The van der Waals surface area contributed by atoms with E-state index in [2.05, 4.69) is 0 Å². The van der Waals surface area contributed by atoms with E-state index >= 15 is 0 Å². The predicted molar refractivity (Wildman–Crippen MR) is 40.9 cm³/mol. The first-order valence-corrected chi connectivity index (χ1v) is 4.23.